The Labute approximate surface area is 128 Å². The van der Waals surface area contributed by atoms with Crippen LogP contribution >= 0.6 is 11.8 Å². The van der Waals surface area contributed by atoms with Crippen LogP contribution in [0, 0.1) is 6.92 Å². The van der Waals surface area contributed by atoms with Crippen LogP contribution in [0.3, 0.4) is 0 Å². The molecule has 0 saturated carbocycles. The second-order valence-corrected chi connectivity index (χ2v) is 6.54. The zero-order chi connectivity index (χ0) is 14.8. The minimum Gasteiger partial charge on any atom is -0.431 e. The van der Waals surface area contributed by atoms with Gasteiger partial charge in [0.1, 0.15) is 5.52 Å². The van der Waals surface area contributed by atoms with Gasteiger partial charge in [-0.05, 0) is 24.6 Å². The molecule has 3 nitrogen and oxygen atoms in total. The van der Waals surface area contributed by atoms with Gasteiger partial charge in [0.05, 0.1) is 0 Å². The predicted molar refractivity (Wildman–Crippen MR) is 87.4 cm³/mol. The lowest BCUT2D eigenvalue weighted by molar-refractivity contribution is 0.487. The third-order valence-electron chi connectivity index (χ3n) is 3.53. The molecular weight excluding hydrogens is 280 g/mol. The number of thioether (sulfide) groups is 1. The van der Waals surface area contributed by atoms with Crippen molar-refractivity contribution in [1.82, 2.24) is 4.98 Å². The quantitative estimate of drug-likeness (QED) is 0.729. The van der Waals surface area contributed by atoms with E-state index < -0.39 is 0 Å². The Morgan fingerprint density at radius 2 is 1.81 bits per heavy atom. The topological polar surface area (TPSA) is 52.0 Å². The maximum Gasteiger partial charge on any atom is 0.257 e. The Kier molecular flexibility index (Phi) is 3.99. The van der Waals surface area contributed by atoms with E-state index in [1.54, 1.807) is 11.8 Å². The summed E-state index contributed by atoms with van der Waals surface area (Å²) in [6, 6.07) is 16.1. The third-order valence-corrected chi connectivity index (χ3v) is 4.57. The number of hydrogen-bond acceptors (Lipinski definition) is 4. The minimum absolute atomic E-state index is 0.0504. The number of rotatable bonds is 4. The standard InChI is InChI=1S/C17H18N2OS/c1-11-7-9-13(10-8-11)16(18)12(2)21-17-19-14-5-3-4-6-15(14)20-17/h3-10,12,16H,18H2,1-2H3. The number of oxazole rings is 1. The number of aromatic nitrogens is 1. The summed E-state index contributed by atoms with van der Waals surface area (Å²) in [6.07, 6.45) is 0. The van der Waals surface area contributed by atoms with Crippen LogP contribution in [0.5, 0.6) is 0 Å². The first kappa shape index (κ1) is 14.2. The molecule has 0 aliphatic carbocycles. The van der Waals surface area contributed by atoms with E-state index in [-0.39, 0.29) is 11.3 Å². The lowest BCUT2D eigenvalue weighted by atomic mass is 10.0. The van der Waals surface area contributed by atoms with Crippen molar-refractivity contribution in [1.29, 1.82) is 0 Å². The van der Waals surface area contributed by atoms with Crippen LogP contribution in [-0.2, 0) is 0 Å². The largest absolute Gasteiger partial charge is 0.431 e. The van der Waals surface area contributed by atoms with Crippen molar-refractivity contribution < 1.29 is 4.42 Å². The fraction of sp³-hybridized carbons (Fsp3) is 0.235. The Morgan fingerprint density at radius 3 is 2.52 bits per heavy atom. The fourth-order valence-electron chi connectivity index (χ4n) is 2.19. The van der Waals surface area contributed by atoms with Crippen molar-refractivity contribution >= 4 is 22.9 Å². The first-order valence-electron chi connectivity index (χ1n) is 6.98. The van der Waals surface area contributed by atoms with Crippen LogP contribution in [-0.4, -0.2) is 10.2 Å². The third kappa shape index (κ3) is 3.12. The Bertz CT molecular complexity index is 703. The number of nitrogens with zero attached hydrogens (tertiary/aromatic N) is 1. The van der Waals surface area contributed by atoms with Gasteiger partial charge in [-0.25, -0.2) is 4.98 Å². The molecule has 0 amide bonds. The molecule has 0 spiro atoms. The number of hydrogen-bond donors (Lipinski definition) is 1. The zero-order valence-electron chi connectivity index (χ0n) is 12.1. The van der Waals surface area contributed by atoms with Crippen molar-refractivity contribution in [2.24, 2.45) is 5.73 Å². The molecule has 1 aromatic heterocycles. The Hall–Kier alpha value is -1.78. The molecule has 0 aliphatic heterocycles. The van der Waals surface area contributed by atoms with E-state index in [0.29, 0.717) is 5.22 Å². The van der Waals surface area contributed by atoms with Crippen LogP contribution in [0.1, 0.15) is 24.1 Å². The summed E-state index contributed by atoms with van der Waals surface area (Å²) in [5, 5.41) is 0.854. The SMILES string of the molecule is Cc1ccc(C(N)C(C)Sc2nc3ccccc3o2)cc1. The highest BCUT2D eigenvalue weighted by Gasteiger charge is 2.19. The van der Waals surface area contributed by atoms with E-state index >= 15 is 0 Å². The predicted octanol–water partition coefficient (Wildman–Crippen LogP) is 4.32. The first-order valence-corrected chi connectivity index (χ1v) is 7.86. The van der Waals surface area contributed by atoms with Gasteiger partial charge in [0, 0.05) is 11.3 Å². The molecule has 0 aliphatic rings. The maximum absolute atomic E-state index is 6.34. The van der Waals surface area contributed by atoms with Crippen LogP contribution in [0.25, 0.3) is 11.1 Å². The molecule has 2 aromatic carbocycles. The summed E-state index contributed by atoms with van der Waals surface area (Å²) >= 11 is 1.57. The highest BCUT2D eigenvalue weighted by Crippen LogP contribution is 2.32. The van der Waals surface area contributed by atoms with Gasteiger partial charge in [-0.1, -0.05) is 60.6 Å². The van der Waals surface area contributed by atoms with Gasteiger partial charge in [0.15, 0.2) is 5.58 Å². The van der Waals surface area contributed by atoms with Crippen LogP contribution in [0.4, 0.5) is 0 Å². The summed E-state index contributed by atoms with van der Waals surface area (Å²) in [5.74, 6) is 0. The molecule has 108 valence electrons. The minimum atomic E-state index is -0.0504. The van der Waals surface area contributed by atoms with Crippen LogP contribution in [0.2, 0.25) is 0 Å². The van der Waals surface area contributed by atoms with Gasteiger partial charge in [-0.3, -0.25) is 0 Å². The Balaban J connectivity index is 1.75. The monoisotopic (exact) mass is 298 g/mol. The molecule has 2 atom stereocenters. The first-order chi connectivity index (χ1) is 10.1. The summed E-state index contributed by atoms with van der Waals surface area (Å²) < 4.78 is 5.74. The molecule has 0 saturated heterocycles. The van der Waals surface area contributed by atoms with Gasteiger partial charge in [0.2, 0.25) is 0 Å². The van der Waals surface area contributed by atoms with Gasteiger partial charge in [0.25, 0.3) is 5.22 Å². The summed E-state index contributed by atoms with van der Waals surface area (Å²) in [6.45, 7) is 4.18. The molecule has 2 unspecified atom stereocenters. The molecule has 0 fully saturated rings. The lowest BCUT2D eigenvalue weighted by Crippen LogP contribution is -2.21. The number of benzene rings is 2. The zero-order valence-corrected chi connectivity index (χ0v) is 12.9. The van der Waals surface area contributed by atoms with Crippen molar-refractivity contribution in [3.63, 3.8) is 0 Å². The molecule has 3 rings (SSSR count). The van der Waals surface area contributed by atoms with Gasteiger partial charge in [-0.15, -0.1) is 0 Å². The van der Waals surface area contributed by atoms with Gasteiger partial charge >= 0.3 is 0 Å². The highest BCUT2D eigenvalue weighted by atomic mass is 32.2. The molecule has 21 heavy (non-hydrogen) atoms. The van der Waals surface area contributed by atoms with E-state index in [9.17, 15) is 0 Å². The second kappa shape index (κ2) is 5.92. The normalized spacial score (nSPS) is 14.2. The highest BCUT2D eigenvalue weighted by molar-refractivity contribution is 7.99. The molecule has 0 bridgehead atoms. The molecule has 4 heteroatoms. The summed E-state index contributed by atoms with van der Waals surface area (Å²) in [7, 11) is 0. The molecule has 1 heterocycles. The maximum atomic E-state index is 6.34. The van der Waals surface area contributed by atoms with Crippen LogP contribution in [0.15, 0.2) is 58.2 Å². The molecule has 3 aromatic rings. The average Bonchev–Trinajstić information content (AvgIpc) is 2.89. The number of para-hydroxylation sites is 2. The van der Waals surface area contributed by atoms with Gasteiger partial charge in [-0.2, -0.15) is 0 Å². The van der Waals surface area contributed by atoms with E-state index in [4.69, 9.17) is 10.2 Å². The van der Waals surface area contributed by atoms with Crippen molar-refractivity contribution in [2.75, 3.05) is 0 Å². The number of nitrogens with two attached hydrogens (primary N) is 1. The van der Waals surface area contributed by atoms with Crippen molar-refractivity contribution in [2.45, 2.75) is 30.4 Å². The smallest absolute Gasteiger partial charge is 0.257 e. The molecular formula is C17H18N2OS. The van der Waals surface area contributed by atoms with E-state index in [2.05, 4.69) is 43.1 Å². The molecule has 2 N–H and O–H groups in total. The van der Waals surface area contributed by atoms with Gasteiger partial charge < -0.3 is 10.2 Å². The van der Waals surface area contributed by atoms with E-state index in [1.807, 2.05) is 24.3 Å². The van der Waals surface area contributed by atoms with E-state index in [0.717, 1.165) is 16.7 Å². The lowest BCUT2D eigenvalue weighted by Gasteiger charge is -2.18. The van der Waals surface area contributed by atoms with Crippen molar-refractivity contribution in [3.05, 3.63) is 59.7 Å². The Morgan fingerprint density at radius 1 is 1.10 bits per heavy atom. The second-order valence-electron chi connectivity index (χ2n) is 5.21. The fourth-order valence-corrected chi connectivity index (χ4v) is 3.10. The number of aryl methyl sites for hydroxylation is 1. The van der Waals surface area contributed by atoms with Crippen LogP contribution < -0.4 is 5.73 Å². The van der Waals surface area contributed by atoms with E-state index in [1.165, 1.54) is 5.56 Å². The van der Waals surface area contributed by atoms with Crippen molar-refractivity contribution in [3.8, 4) is 0 Å². The summed E-state index contributed by atoms with van der Waals surface area (Å²) in [4.78, 5) is 4.48. The molecule has 0 radical (unpaired) electrons. The summed E-state index contributed by atoms with van der Waals surface area (Å²) in [5.41, 5.74) is 10.4. The number of fused-ring (bicyclic) bond motifs is 1. The average molecular weight is 298 g/mol.